The zero-order chi connectivity index (χ0) is 24.5. The van der Waals surface area contributed by atoms with E-state index in [0.29, 0.717) is 59.5 Å². The van der Waals surface area contributed by atoms with Crippen LogP contribution in [0.25, 0.3) is 5.65 Å². The number of nitrogens with one attached hydrogen (secondary N) is 3. The van der Waals surface area contributed by atoms with Gasteiger partial charge in [-0.05, 0) is 25.5 Å². The average molecular weight is 493 g/mol. The van der Waals surface area contributed by atoms with Crippen molar-refractivity contribution in [2.45, 2.75) is 25.5 Å². The highest BCUT2D eigenvalue weighted by Crippen LogP contribution is 2.37. The van der Waals surface area contributed by atoms with E-state index in [2.05, 4.69) is 43.2 Å². The summed E-state index contributed by atoms with van der Waals surface area (Å²) in [5, 5.41) is 33.0. The highest BCUT2D eigenvalue weighted by atomic mass is 35.5. The number of benzene rings is 1. The standard InChI is InChI=1S/C22H21ClN10O2/c1-2-26-20-21-27-9-13(8-25)33(21)31-22(30-20)29-15-5-12(7-24)6-16(19(15)23)32-4-3-14-17(10-32)35-11-18(34)28-14/h5-6,9,14,17H,2-4,10-11H2,1H3,(H,28,34)(H2,26,29,30,31)/t14-,17-/m1/s1. The maximum absolute atomic E-state index is 11.6. The molecule has 2 aliphatic heterocycles. The number of amides is 1. The minimum absolute atomic E-state index is 0.0284. The number of anilines is 4. The Morgan fingerprint density at radius 2 is 2.20 bits per heavy atom. The minimum Gasteiger partial charge on any atom is -0.367 e. The lowest BCUT2D eigenvalue weighted by Gasteiger charge is -2.42. The number of hydrogen-bond donors (Lipinski definition) is 3. The summed E-state index contributed by atoms with van der Waals surface area (Å²) in [5.41, 5.74) is 2.19. The predicted molar refractivity (Wildman–Crippen MR) is 128 cm³/mol. The molecular formula is C22H21ClN10O2. The second-order valence-electron chi connectivity index (χ2n) is 8.16. The van der Waals surface area contributed by atoms with E-state index in [-0.39, 0.29) is 36.3 Å². The molecule has 0 spiro atoms. The SMILES string of the molecule is CCNc1nc(Nc2cc(C#N)cc(N3CC[C@H]4NC(=O)CO[C@@H]4C3)c2Cl)nn2c(C#N)cnc12. The van der Waals surface area contributed by atoms with Crippen molar-refractivity contribution in [2.24, 2.45) is 0 Å². The first-order valence-electron chi connectivity index (χ1n) is 11.1. The van der Waals surface area contributed by atoms with E-state index >= 15 is 0 Å². The summed E-state index contributed by atoms with van der Waals surface area (Å²) in [6, 6.07) is 7.54. The van der Waals surface area contributed by atoms with Gasteiger partial charge < -0.3 is 25.6 Å². The second-order valence-corrected chi connectivity index (χ2v) is 8.53. The van der Waals surface area contributed by atoms with Gasteiger partial charge in [0.2, 0.25) is 11.9 Å². The van der Waals surface area contributed by atoms with E-state index in [1.807, 2.05) is 11.8 Å². The summed E-state index contributed by atoms with van der Waals surface area (Å²) in [6.07, 6.45) is 1.95. The first kappa shape index (κ1) is 22.7. The Morgan fingerprint density at radius 1 is 1.34 bits per heavy atom. The zero-order valence-corrected chi connectivity index (χ0v) is 19.5. The molecule has 0 unspecified atom stereocenters. The number of carbonyl (C=O) groups is 1. The van der Waals surface area contributed by atoms with Gasteiger partial charge in [-0.25, -0.2) is 4.98 Å². The van der Waals surface area contributed by atoms with Crippen LogP contribution in [0.3, 0.4) is 0 Å². The van der Waals surface area contributed by atoms with Crippen molar-refractivity contribution in [1.82, 2.24) is 24.9 Å². The number of nitrogens with zero attached hydrogens (tertiary/aromatic N) is 7. The Bertz CT molecular complexity index is 1390. The Hall–Kier alpha value is -4.13. The Kier molecular flexibility index (Phi) is 5.99. The molecule has 13 heteroatoms. The fourth-order valence-electron chi connectivity index (χ4n) is 4.31. The van der Waals surface area contributed by atoms with Gasteiger partial charge in [-0.2, -0.15) is 20.0 Å². The van der Waals surface area contributed by atoms with Crippen LogP contribution in [0.5, 0.6) is 0 Å². The molecule has 0 aliphatic carbocycles. The van der Waals surface area contributed by atoms with Crippen LogP contribution in [0, 0.1) is 22.7 Å². The van der Waals surface area contributed by atoms with Gasteiger partial charge in [0, 0.05) is 19.6 Å². The Labute approximate surface area is 205 Å². The van der Waals surface area contributed by atoms with E-state index in [1.54, 1.807) is 12.1 Å². The van der Waals surface area contributed by atoms with Crippen LogP contribution < -0.4 is 20.9 Å². The van der Waals surface area contributed by atoms with Gasteiger partial charge in [0.25, 0.3) is 0 Å². The van der Waals surface area contributed by atoms with Crippen molar-refractivity contribution in [3.8, 4) is 12.1 Å². The summed E-state index contributed by atoms with van der Waals surface area (Å²) >= 11 is 6.81. The summed E-state index contributed by atoms with van der Waals surface area (Å²) in [7, 11) is 0. The fraction of sp³-hybridized carbons (Fsp3) is 0.364. The summed E-state index contributed by atoms with van der Waals surface area (Å²) in [6.45, 7) is 3.69. The first-order chi connectivity index (χ1) is 17.0. The van der Waals surface area contributed by atoms with E-state index in [1.165, 1.54) is 10.7 Å². The van der Waals surface area contributed by atoms with Crippen LogP contribution in [-0.4, -0.2) is 63.9 Å². The highest BCUT2D eigenvalue weighted by molar-refractivity contribution is 6.36. The van der Waals surface area contributed by atoms with E-state index < -0.39 is 0 Å². The smallest absolute Gasteiger partial charge is 0.247 e. The van der Waals surface area contributed by atoms with Gasteiger partial charge in [-0.3, -0.25) is 4.79 Å². The number of carbonyl (C=O) groups excluding carboxylic acids is 1. The van der Waals surface area contributed by atoms with Gasteiger partial charge in [0.05, 0.1) is 46.4 Å². The Morgan fingerprint density at radius 3 is 2.97 bits per heavy atom. The summed E-state index contributed by atoms with van der Waals surface area (Å²) in [5.74, 6) is 0.530. The molecule has 2 fully saturated rings. The van der Waals surface area contributed by atoms with E-state index in [9.17, 15) is 15.3 Å². The molecule has 5 rings (SSSR count). The molecule has 0 radical (unpaired) electrons. The van der Waals surface area contributed by atoms with Gasteiger partial charge >= 0.3 is 0 Å². The molecule has 3 N–H and O–H groups in total. The van der Waals surface area contributed by atoms with Crippen molar-refractivity contribution in [1.29, 1.82) is 10.5 Å². The molecule has 2 aromatic heterocycles. The molecule has 35 heavy (non-hydrogen) atoms. The monoisotopic (exact) mass is 492 g/mol. The largest absolute Gasteiger partial charge is 0.367 e. The van der Waals surface area contributed by atoms with Crippen molar-refractivity contribution in [2.75, 3.05) is 41.8 Å². The normalized spacial score (nSPS) is 19.4. The molecule has 12 nitrogen and oxygen atoms in total. The number of halogens is 1. The first-order valence-corrected chi connectivity index (χ1v) is 11.4. The third-order valence-corrected chi connectivity index (χ3v) is 6.32. The number of aromatic nitrogens is 4. The molecule has 2 aliphatic rings. The third-order valence-electron chi connectivity index (χ3n) is 5.92. The van der Waals surface area contributed by atoms with Crippen molar-refractivity contribution in [3.63, 3.8) is 0 Å². The van der Waals surface area contributed by atoms with Crippen LogP contribution in [-0.2, 0) is 9.53 Å². The highest BCUT2D eigenvalue weighted by Gasteiger charge is 2.35. The van der Waals surface area contributed by atoms with Gasteiger partial charge in [-0.15, -0.1) is 5.10 Å². The number of morpholine rings is 1. The molecule has 3 aromatic rings. The molecule has 2 saturated heterocycles. The van der Waals surface area contributed by atoms with Gasteiger partial charge in [0.15, 0.2) is 17.2 Å². The van der Waals surface area contributed by atoms with Crippen molar-refractivity contribution >= 4 is 46.3 Å². The number of ether oxygens (including phenoxy) is 1. The number of hydrogen-bond acceptors (Lipinski definition) is 10. The van der Waals surface area contributed by atoms with E-state index in [0.717, 1.165) is 0 Å². The molecule has 0 saturated carbocycles. The number of fused-ring (bicyclic) bond motifs is 2. The minimum atomic E-state index is -0.168. The fourth-order valence-corrected chi connectivity index (χ4v) is 4.59. The molecule has 178 valence electrons. The van der Waals surface area contributed by atoms with Crippen LogP contribution in [0.4, 0.5) is 23.1 Å². The van der Waals surface area contributed by atoms with Gasteiger partial charge in [0.1, 0.15) is 12.7 Å². The van der Waals surface area contributed by atoms with Crippen LogP contribution >= 0.6 is 11.6 Å². The van der Waals surface area contributed by atoms with Gasteiger partial charge in [-0.1, -0.05) is 11.6 Å². The predicted octanol–water partition coefficient (Wildman–Crippen LogP) is 1.79. The molecule has 2 atom stereocenters. The lowest BCUT2D eigenvalue weighted by Crippen LogP contribution is -2.59. The summed E-state index contributed by atoms with van der Waals surface area (Å²) in [4.78, 5) is 22.4. The zero-order valence-electron chi connectivity index (χ0n) is 18.7. The Balaban J connectivity index is 1.49. The van der Waals surface area contributed by atoms with Crippen LogP contribution in [0.15, 0.2) is 18.3 Å². The molecule has 1 aromatic carbocycles. The lowest BCUT2D eigenvalue weighted by molar-refractivity contribution is -0.137. The molecule has 0 bridgehead atoms. The van der Waals surface area contributed by atoms with Crippen molar-refractivity contribution < 1.29 is 9.53 Å². The molecular weight excluding hydrogens is 472 g/mol. The molecule has 1 amide bonds. The number of nitriles is 2. The number of imidazole rings is 1. The quantitative estimate of drug-likeness (QED) is 0.479. The second kappa shape index (κ2) is 9.25. The maximum Gasteiger partial charge on any atom is 0.247 e. The molecule has 4 heterocycles. The van der Waals surface area contributed by atoms with Crippen LogP contribution in [0.2, 0.25) is 5.02 Å². The van der Waals surface area contributed by atoms with E-state index in [4.69, 9.17) is 16.3 Å². The third kappa shape index (κ3) is 4.25. The lowest BCUT2D eigenvalue weighted by atomic mass is 9.99. The topological polar surface area (TPSA) is 156 Å². The van der Waals surface area contributed by atoms with Crippen LogP contribution in [0.1, 0.15) is 24.6 Å². The number of piperidine rings is 1. The average Bonchev–Trinajstić information content (AvgIpc) is 3.28. The number of rotatable bonds is 5. The maximum atomic E-state index is 11.6. The van der Waals surface area contributed by atoms with Crippen molar-refractivity contribution in [3.05, 3.63) is 34.6 Å². The summed E-state index contributed by atoms with van der Waals surface area (Å²) < 4.78 is 7.12.